The molecule has 0 aromatic carbocycles. The molecule has 3 rings (SSSR count). The topological polar surface area (TPSA) is 58.2 Å². The van der Waals surface area contributed by atoms with E-state index in [0.29, 0.717) is 18.9 Å². The monoisotopic (exact) mass is 348 g/mol. The average molecular weight is 349 g/mol. The molecule has 132 valence electrons. The van der Waals surface area contributed by atoms with E-state index >= 15 is 0 Å². The minimum atomic E-state index is 0.0482. The third kappa shape index (κ3) is 4.59. The largest absolute Gasteiger partial charge is 0.355 e. The van der Waals surface area contributed by atoms with Crippen molar-refractivity contribution in [3.05, 3.63) is 22.4 Å². The van der Waals surface area contributed by atoms with Crippen LogP contribution in [0.25, 0.3) is 0 Å². The Morgan fingerprint density at radius 1 is 1.12 bits per heavy atom. The van der Waals surface area contributed by atoms with Gasteiger partial charge < -0.3 is 10.6 Å². The molecule has 2 fully saturated rings. The summed E-state index contributed by atoms with van der Waals surface area (Å²) in [5.41, 5.74) is 0. The predicted octanol–water partition coefficient (Wildman–Crippen LogP) is 3.79. The molecule has 2 N–H and O–H groups in total. The molecule has 1 aromatic heterocycles. The van der Waals surface area contributed by atoms with Crippen LogP contribution in [0.2, 0.25) is 0 Å². The Morgan fingerprint density at radius 3 is 2.50 bits per heavy atom. The summed E-state index contributed by atoms with van der Waals surface area (Å²) in [6.07, 6.45) is 9.60. The van der Waals surface area contributed by atoms with Crippen molar-refractivity contribution in [1.29, 1.82) is 0 Å². The summed E-state index contributed by atoms with van der Waals surface area (Å²) in [7, 11) is 0. The van der Waals surface area contributed by atoms with Gasteiger partial charge in [-0.2, -0.15) is 0 Å². The molecule has 0 bridgehead atoms. The van der Waals surface area contributed by atoms with Gasteiger partial charge in [-0.15, -0.1) is 11.3 Å². The number of nitrogens with one attached hydrogen (secondary N) is 2. The van der Waals surface area contributed by atoms with Gasteiger partial charge in [0.2, 0.25) is 11.8 Å². The average Bonchev–Trinajstić information content (AvgIpc) is 3.36. The van der Waals surface area contributed by atoms with Crippen molar-refractivity contribution in [1.82, 2.24) is 10.6 Å². The second-order valence-corrected chi connectivity index (χ2v) is 8.11. The molecule has 4 nitrogen and oxygen atoms in total. The summed E-state index contributed by atoms with van der Waals surface area (Å²) < 4.78 is 0. The fourth-order valence-corrected chi connectivity index (χ4v) is 4.93. The number of rotatable bonds is 7. The molecule has 24 heavy (non-hydrogen) atoms. The van der Waals surface area contributed by atoms with Crippen molar-refractivity contribution in [2.75, 3.05) is 6.54 Å². The molecule has 1 aromatic rings. The number of amides is 2. The first-order valence-electron chi connectivity index (χ1n) is 9.34. The normalized spacial score (nSPS) is 20.2. The first kappa shape index (κ1) is 17.5. The first-order chi connectivity index (χ1) is 11.7. The molecule has 0 aliphatic heterocycles. The maximum Gasteiger partial charge on any atom is 0.223 e. The molecule has 1 unspecified atom stereocenters. The van der Waals surface area contributed by atoms with Crippen molar-refractivity contribution >= 4 is 23.2 Å². The zero-order chi connectivity index (χ0) is 16.8. The second-order valence-electron chi connectivity index (χ2n) is 7.13. The van der Waals surface area contributed by atoms with Crippen molar-refractivity contribution < 1.29 is 9.59 Å². The minimum Gasteiger partial charge on any atom is -0.355 e. The van der Waals surface area contributed by atoms with E-state index < -0.39 is 0 Å². The van der Waals surface area contributed by atoms with Gasteiger partial charge in [-0.25, -0.2) is 0 Å². The van der Waals surface area contributed by atoms with Crippen LogP contribution in [0, 0.1) is 11.8 Å². The van der Waals surface area contributed by atoms with Crippen LogP contribution >= 0.6 is 11.3 Å². The quantitative estimate of drug-likeness (QED) is 0.787. The fourth-order valence-electron chi connectivity index (χ4n) is 4.06. The predicted molar refractivity (Wildman–Crippen MR) is 96.7 cm³/mol. The zero-order valence-electron chi connectivity index (χ0n) is 14.3. The lowest BCUT2D eigenvalue weighted by atomic mass is 9.96. The van der Waals surface area contributed by atoms with E-state index in [4.69, 9.17) is 0 Å². The van der Waals surface area contributed by atoms with Gasteiger partial charge in [-0.05, 0) is 43.0 Å². The van der Waals surface area contributed by atoms with Crippen LogP contribution in [0.1, 0.15) is 68.7 Å². The van der Waals surface area contributed by atoms with E-state index in [9.17, 15) is 9.59 Å². The minimum absolute atomic E-state index is 0.0482. The number of thiophene rings is 1. The molecule has 1 heterocycles. The lowest BCUT2D eigenvalue weighted by molar-refractivity contribution is -0.125. The van der Waals surface area contributed by atoms with E-state index in [2.05, 4.69) is 28.1 Å². The Morgan fingerprint density at radius 2 is 1.83 bits per heavy atom. The van der Waals surface area contributed by atoms with Crippen molar-refractivity contribution in [2.45, 2.75) is 63.8 Å². The Balaban J connectivity index is 1.45. The number of carbonyl (C=O) groups excluding carboxylic acids is 2. The lowest BCUT2D eigenvalue weighted by Crippen LogP contribution is -2.36. The van der Waals surface area contributed by atoms with Crippen molar-refractivity contribution in [3.8, 4) is 0 Å². The molecule has 2 amide bonds. The maximum atomic E-state index is 12.4. The van der Waals surface area contributed by atoms with Crippen LogP contribution in [0.4, 0.5) is 0 Å². The third-order valence-electron chi connectivity index (χ3n) is 5.41. The van der Waals surface area contributed by atoms with E-state index in [1.807, 2.05) is 0 Å². The zero-order valence-corrected chi connectivity index (χ0v) is 15.1. The highest BCUT2D eigenvalue weighted by molar-refractivity contribution is 7.10. The number of hydrogen-bond donors (Lipinski definition) is 2. The number of hydrogen-bond acceptors (Lipinski definition) is 3. The molecule has 0 spiro atoms. The maximum absolute atomic E-state index is 12.4. The highest BCUT2D eigenvalue weighted by atomic mass is 32.1. The summed E-state index contributed by atoms with van der Waals surface area (Å²) in [5.74, 6) is 0.906. The molecule has 5 heteroatoms. The van der Waals surface area contributed by atoms with E-state index in [0.717, 1.165) is 25.7 Å². The van der Waals surface area contributed by atoms with Crippen LogP contribution in [0.5, 0.6) is 0 Å². The molecule has 2 aliphatic carbocycles. The van der Waals surface area contributed by atoms with Crippen molar-refractivity contribution in [3.63, 3.8) is 0 Å². The molecule has 1 atom stereocenters. The first-order valence-corrected chi connectivity index (χ1v) is 10.2. The van der Waals surface area contributed by atoms with Crippen molar-refractivity contribution in [2.24, 2.45) is 11.8 Å². The molecule has 2 saturated carbocycles. The SMILES string of the molecule is O=C(CCNC(=O)C1CCCC1)NC(c1cccs1)C1CCCC1. The van der Waals surface area contributed by atoms with Gasteiger partial charge in [0.25, 0.3) is 0 Å². The van der Waals surface area contributed by atoms with Gasteiger partial charge in [0.15, 0.2) is 0 Å². The van der Waals surface area contributed by atoms with E-state index in [1.165, 1.54) is 30.6 Å². The van der Waals surface area contributed by atoms with Gasteiger partial charge in [0, 0.05) is 23.8 Å². The van der Waals surface area contributed by atoms with Crippen LogP contribution in [-0.2, 0) is 9.59 Å². The smallest absolute Gasteiger partial charge is 0.223 e. The van der Waals surface area contributed by atoms with Gasteiger partial charge in [-0.3, -0.25) is 9.59 Å². The van der Waals surface area contributed by atoms with E-state index in [1.54, 1.807) is 11.3 Å². The summed E-state index contributed by atoms with van der Waals surface area (Å²) in [6.45, 7) is 0.447. The Kier molecular flexibility index (Phi) is 6.30. The molecule has 2 aliphatic rings. The summed E-state index contributed by atoms with van der Waals surface area (Å²) in [6, 6.07) is 4.32. The van der Waals surface area contributed by atoms with Gasteiger partial charge in [-0.1, -0.05) is 31.7 Å². The van der Waals surface area contributed by atoms with Crippen LogP contribution < -0.4 is 10.6 Å². The van der Waals surface area contributed by atoms with Crippen LogP contribution in [-0.4, -0.2) is 18.4 Å². The number of carbonyl (C=O) groups is 2. The van der Waals surface area contributed by atoms with Gasteiger partial charge >= 0.3 is 0 Å². The van der Waals surface area contributed by atoms with E-state index in [-0.39, 0.29) is 23.8 Å². The van der Waals surface area contributed by atoms with Gasteiger partial charge in [0.1, 0.15) is 0 Å². The molecular formula is C19H28N2O2S. The Hall–Kier alpha value is -1.36. The summed E-state index contributed by atoms with van der Waals surface area (Å²) >= 11 is 1.72. The Bertz CT molecular complexity index is 532. The fraction of sp³-hybridized carbons (Fsp3) is 0.684. The molecular weight excluding hydrogens is 320 g/mol. The standard InChI is InChI=1S/C19H28N2O2S/c22-17(11-12-20-19(23)15-8-3-4-9-15)21-18(14-6-1-2-7-14)16-10-5-13-24-16/h5,10,13-15,18H,1-4,6-9,11-12H2,(H,20,23)(H,21,22). The Labute approximate surface area is 148 Å². The molecule has 0 saturated heterocycles. The highest BCUT2D eigenvalue weighted by Crippen LogP contribution is 2.37. The summed E-state index contributed by atoms with van der Waals surface area (Å²) in [5, 5.41) is 8.24. The second kappa shape index (κ2) is 8.65. The third-order valence-corrected chi connectivity index (χ3v) is 6.37. The van der Waals surface area contributed by atoms with Crippen LogP contribution in [0.3, 0.4) is 0 Å². The van der Waals surface area contributed by atoms with Gasteiger partial charge in [0.05, 0.1) is 6.04 Å². The lowest BCUT2D eigenvalue weighted by Gasteiger charge is -2.24. The van der Waals surface area contributed by atoms with Crippen LogP contribution in [0.15, 0.2) is 17.5 Å². The molecule has 0 radical (unpaired) electrons. The summed E-state index contributed by atoms with van der Waals surface area (Å²) in [4.78, 5) is 25.6. The highest BCUT2D eigenvalue weighted by Gasteiger charge is 2.28.